The van der Waals surface area contributed by atoms with Gasteiger partial charge in [-0.25, -0.2) is 4.79 Å². The first kappa shape index (κ1) is 30.1. The highest BCUT2D eigenvalue weighted by molar-refractivity contribution is 6.33. The van der Waals surface area contributed by atoms with Crippen molar-refractivity contribution in [1.29, 1.82) is 0 Å². The Labute approximate surface area is 252 Å². The minimum absolute atomic E-state index is 0.0158. The first-order valence-corrected chi connectivity index (χ1v) is 15.4. The third-order valence-corrected chi connectivity index (χ3v) is 9.15. The van der Waals surface area contributed by atoms with E-state index in [0.717, 1.165) is 55.5 Å². The number of fused-ring (bicyclic) bond motifs is 1. The summed E-state index contributed by atoms with van der Waals surface area (Å²) in [6.45, 7) is 5.09. The fraction of sp³-hybridized carbons (Fsp3) is 0.412. The lowest BCUT2D eigenvalue weighted by atomic mass is 9.72. The second-order valence-electron chi connectivity index (χ2n) is 11.5. The predicted molar refractivity (Wildman–Crippen MR) is 166 cm³/mol. The topological polar surface area (TPSA) is 102 Å². The van der Waals surface area contributed by atoms with E-state index < -0.39 is 11.7 Å². The fourth-order valence-electron chi connectivity index (χ4n) is 6.58. The Kier molecular flexibility index (Phi) is 9.51. The summed E-state index contributed by atoms with van der Waals surface area (Å²) in [5, 5.41) is 28.2. The molecule has 7 nitrogen and oxygen atoms in total. The zero-order valence-corrected chi connectivity index (χ0v) is 24.9. The molecule has 0 unspecified atom stereocenters. The van der Waals surface area contributed by atoms with Gasteiger partial charge in [0, 0.05) is 48.2 Å². The number of nitrogens with zero attached hydrogens (tertiary/aromatic N) is 1. The normalized spacial score (nSPS) is 18.2. The maximum absolute atomic E-state index is 13.8. The second kappa shape index (κ2) is 13.3. The molecule has 2 amide bonds. The average molecular weight is 590 g/mol. The summed E-state index contributed by atoms with van der Waals surface area (Å²) in [5.74, 6) is -0.272. The molecular formula is C34H40ClN3O4. The van der Waals surface area contributed by atoms with Crippen molar-refractivity contribution in [1.82, 2.24) is 15.5 Å². The van der Waals surface area contributed by atoms with Crippen LogP contribution in [0.2, 0.25) is 5.02 Å². The summed E-state index contributed by atoms with van der Waals surface area (Å²) >= 11 is 6.85. The van der Waals surface area contributed by atoms with Crippen LogP contribution in [0.1, 0.15) is 65.2 Å². The molecule has 4 N–H and O–H groups in total. The standard InChI is InChI=1S/C34H40ClN3O4/c1-2-23-7-3-8-25(19-23)31-29(10-4-11-30(31)35)34(42,15-6-16-37-33(40)41)28-9-5-18-38(22-28)32(39)26-12-13-27-21-36-17-14-24(27)20-26/h3-4,7-8,10-13,19-20,28,36-37,42H,2,5-6,9,14-18,21-22H2,1H3,(H,40,41)/t28-,34+/m1/s1. The van der Waals surface area contributed by atoms with Crippen molar-refractivity contribution in [2.24, 2.45) is 5.92 Å². The molecule has 0 radical (unpaired) electrons. The second-order valence-corrected chi connectivity index (χ2v) is 11.9. The molecule has 0 bridgehead atoms. The Morgan fingerprint density at radius 1 is 1.12 bits per heavy atom. The van der Waals surface area contributed by atoms with Gasteiger partial charge in [0.2, 0.25) is 0 Å². The van der Waals surface area contributed by atoms with Crippen LogP contribution in [0.3, 0.4) is 0 Å². The van der Waals surface area contributed by atoms with E-state index in [0.29, 0.717) is 36.5 Å². The van der Waals surface area contributed by atoms with Crippen LogP contribution in [-0.2, 0) is 25.0 Å². The van der Waals surface area contributed by atoms with Crippen molar-refractivity contribution in [3.8, 4) is 11.1 Å². The predicted octanol–water partition coefficient (Wildman–Crippen LogP) is 6.00. The summed E-state index contributed by atoms with van der Waals surface area (Å²) < 4.78 is 0. The van der Waals surface area contributed by atoms with Gasteiger partial charge in [0.25, 0.3) is 5.91 Å². The van der Waals surface area contributed by atoms with Crippen LogP contribution in [0.25, 0.3) is 11.1 Å². The zero-order chi connectivity index (χ0) is 29.7. The lowest BCUT2D eigenvalue weighted by molar-refractivity contribution is -0.0563. The van der Waals surface area contributed by atoms with Gasteiger partial charge in [0.05, 0.1) is 5.60 Å². The Bertz CT molecular complexity index is 1440. The van der Waals surface area contributed by atoms with Gasteiger partial charge in [-0.2, -0.15) is 0 Å². The van der Waals surface area contributed by atoms with Crippen molar-refractivity contribution >= 4 is 23.6 Å². The number of likely N-dealkylation sites (tertiary alicyclic amines) is 1. The zero-order valence-electron chi connectivity index (χ0n) is 24.2. The number of aliphatic hydroxyl groups is 1. The smallest absolute Gasteiger partial charge is 0.404 e. The maximum atomic E-state index is 13.8. The van der Waals surface area contributed by atoms with Gasteiger partial charge >= 0.3 is 6.09 Å². The van der Waals surface area contributed by atoms with Crippen LogP contribution < -0.4 is 10.6 Å². The molecule has 2 atom stereocenters. The number of amides is 2. The van der Waals surface area contributed by atoms with E-state index in [2.05, 4.69) is 29.7 Å². The molecule has 3 aromatic rings. The molecular weight excluding hydrogens is 550 g/mol. The summed E-state index contributed by atoms with van der Waals surface area (Å²) in [5.41, 5.74) is 5.42. The van der Waals surface area contributed by atoms with E-state index in [4.69, 9.17) is 16.7 Å². The third kappa shape index (κ3) is 6.48. The molecule has 0 aromatic heterocycles. The number of hydrogen-bond acceptors (Lipinski definition) is 4. The van der Waals surface area contributed by atoms with Crippen LogP contribution in [0.5, 0.6) is 0 Å². The number of carbonyl (C=O) groups excluding carboxylic acids is 1. The molecule has 0 aliphatic carbocycles. The third-order valence-electron chi connectivity index (χ3n) is 8.84. The number of halogens is 1. The SMILES string of the molecule is CCc1cccc(-c2c(Cl)cccc2[C@](O)(CCCNC(=O)O)[C@@H]2CCCN(C(=O)c3ccc4c(c3)CCNC4)C2)c1. The van der Waals surface area contributed by atoms with Gasteiger partial charge in [-0.15, -0.1) is 0 Å². The highest BCUT2D eigenvalue weighted by Crippen LogP contribution is 2.45. The van der Waals surface area contributed by atoms with E-state index in [-0.39, 0.29) is 18.4 Å². The van der Waals surface area contributed by atoms with Crippen molar-refractivity contribution in [3.63, 3.8) is 0 Å². The van der Waals surface area contributed by atoms with Crippen molar-refractivity contribution in [2.75, 3.05) is 26.2 Å². The lowest BCUT2D eigenvalue weighted by Crippen LogP contribution is -2.48. The van der Waals surface area contributed by atoms with Crippen molar-refractivity contribution < 1.29 is 19.8 Å². The van der Waals surface area contributed by atoms with Gasteiger partial charge in [-0.1, -0.05) is 61.0 Å². The molecule has 42 heavy (non-hydrogen) atoms. The molecule has 3 aromatic carbocycles. The molecule has 5 rings (SSSR count). The van der Waals surface area contributed by atoms with Crippen LogP contribution in [0.15, 0.2) is 60.7 Å². The molecule has 1 saturated heterocycles. The maximum Gasteiger partial charge on any atom is 0.404 e. The Hall–Kier alpha value is -3.39. The van der Waals surface area contributed by atoms with E-state index in [1.165, 1.54) is 16.7 Å². The highest BCUT2D eigenvalue weighted by atomic mass is 35.5. The number of piperidine rings is 1. The van der Waals surface area contributed by atoms with E-state index in [1.54, 1.807) is 0 Å². The van der Waals surface area contributed by atoms with Crippen LogP contribution >= 0.6 is 11.6 Å². The average Bonchev–Trinajstić information content (AvgIpc) is 3.02. The van der Waals surface area contributed by atoms with Crippen LogP contribution in [-0.4, -0.2) is 53.3 Å². The number of carbonyl (C=O) groups is 2. The van der Waals surface area contributed by atoms with Gasteiger partial charge in [-0.05, 0) is 91.1 Å². The van der Waals surface area contributed by atoms with Gasteiger partial charge in [0.15, 0.2) is 0 Å². The molecule has 0 saturated carbocycles. The number of benzene rings is 3. The van der Waals surface area contributed by atoms with Crippen LogP contribution in [0.4, 0.5) is 4.79 Å². The first-order valence-electron chi connectivity index (χ1n) is 15.0. The lowest BCUT2D eigenvalue weighted by Gasteiger charge is -2.44. The quantitative estimate of drug-likeness (QED) is 0.229. The van der Waals surface area contributed by atoms with Crippen LogP contribution in [0, 0.1) is 5.92 Å². The summed E-state index contributed by atoms with van der Waals surface area (Å²) in [6.07, 6.45) is 2.96. The monoisotopic (exact) mass is 589 g/mol. The molecule has 2 aliphatic rings. The molecule has 222 valence electrons. The molecule has 8 heteroatoms. The van der Waals surface area contributed by atoms with Crippen molar-refractivity contribution in [3.05, 3.63) is 93.5 Å². The molecule has 1 fully saturated rings. The number of carboxylic acid groups (broad SMARTS) is 1. The fourth-order valence-corrected chi connectivity index (χ4v) is 6.86. The Morgan fingerprint density at radius 2 is 1.95 bits per heavy atom. The number of hydrogen-bond donors (Lipinski definition) is 4. The minimum atomic E-state index is -1.33. The number of rotatable bonds is 9. The molecule has 2 heterocycles. The van der Waals surface area contributed by atoms with Gasteiger partial charge in [-0.3, -0.25) is 4.79 Å². The van der Waals surface area contributed by atoms with E-state index in [1.807, 2.05) is 53.4 Å². The van der Waals surface area contributed by atoms with E-state index in [9.17, 15) is 14.7 Å². The number of nitrogens with one attached hydrogen (secondary N) is 2. The van der Waals surface area contributed by atoms with E-state index >= 15 is 0 Å². The number of aryl methyl sites for hydroxylation is 1. The summed E-state index contributed by atoms with van der Waals surface area (Å²) in [6, 6.07) is 19.8. The van der Waals surface area contributed by atoms with Gasteiger partial charge in [0.1, 0.15) is 0 Å². The molecule has 2 aliphatic heterocycles. The Morgan fingerprint density at radius 3 is 2.76 bits per heavy atom. The summed E-state index contributed by atoms with van der Waals surface area (Å²) in [4.78, 5) is 26.8. The minimum Gasteiger partial charge on any atom is -0.465 e. The Balaban J connectivity index is 1.49. The van der Waals surface area contributed by atoms with Gasteiger partial charge < -0.3 is 25.7 Å². The molecule has 0 spiro atoms. The largest absolute Gasteiger partial charge is 0.465 e. The van der Waals surface area contributed by atoms with Crippen molar-refractivity contribution in [2.45, 2.75) is 57.6 Å². The highest BCUT2D eigenvalue weighted by Gasteiger charge is 2.43. The first-order chi connectivity index (χ1) is 20.3. The summed E-state index contributed by atoms with van der Waals surface area (Å²) in [7, 11) is 0.